The number of phenols is 1. The number of rotatable bonds is 6. The molecule has 1 atom stereocenters. The highest BCUT2D eigenvalue weighted by Gasteiger charge is 2.37. The van der Waals surface area contributed by atoms with Crippen molar-refractivity contribution in [2.75, 3.05) is 26.2 Å². The lowest BCUT2D eigenvalue weighted by Gasteiger charge is -2.36. The van der Waals surface area contributed by atoms with E-state index >= 15 is 0 Å². The third-order valence-electron chi connectivity index (χ3n) is 4.63. The average molecular weight is 380 g/mol. The van der Waals surface area contributed by atoms with Gasteiger partial charge in [-0.15, -0.1) is 0 Å². The predicted molar refractivity (Wildman–Crippen MR) is 96.7 cm³/mol. The van der Waals surface area contributed by atoms with Crippen molar-refractivity contribution in [1.29, 1.82) is 0 Å². The molecular formula is C20H23F3N2O2. The van der Waals surface area contributed by atoms with Gasteiger partial charge in [0, 0.05) is 43.9 Å². The number of benzene rings is 2. The number of ether oxygens (including phenoxy) is 1. The van der Waals surface area contributed by atoms with Gasteiger partial charge in [-0.05, 0) is 11.6 Å². The number of hydrogen-bond acceptors (Lipinski definition) is 4. The fourth-order valence-electron chi connectivity index (χ4n) is 3.28. The number of halogens is 3. The number of piperazine rings is 1. The first-order valence-electron chi connectivity index (χ1n) is 8.93. The van der Waals surface area contributed by atoms with Crippen molar-refractivity contribution in [3.8, 4) is 11.5 Å². The fraction of sp³-hybridized carbons (Fsp3) is 0.400. The third kappa shape index (κ3) is 5.61. The number of hydrogen-bond donors (Lipinski definition) is 2. The van der Waals surface area contributed by atoms with Gasteiger partial charge < -0.3 is 15.2 Å². The molecule has 2 aromatic carbocycles. The molecule has 146 valence electrons. The molecule has 1 aliphatic rings. The second-order valence-corrected chi connectivity index (χ2v) is 6.62. The summed E-state index contributed by atoms with van der Waals surface area (Å²) in [5, 5.41) is 13.5. The molecule has 2 N–H and O–H groups in total. The topological polar surface area (TPSA) is 44.7 Å². The van der Waals surface area contributed by atoms with Crippen molar-refractivity contribution in [3.05, 3.63) is 59.7 Å². The minimum Gasteiger partial charge on any atom is -0.507 e. The Morgan fingerprint density at radius 3 is 2.41 bits per heavy atom. The summed E-state index contributed by atoms with van der Waals surface area (Å²) in [5.41, 5.74) is 1.25. The summed E-state index contributed by atoms with van der Waals surface area (Å²) in [7, 11) is 0. The van der Waals surface area contributed by atoms with Crippen molar-refractivity contribution in [2.24, 2.45) is 0 Å². The van der Waals surface area contributed by atoms with Crippen LogP contribution in [0.5, 0.6) is 11.5 Å². The van der Waals surface area contributed by atoms with Crippen molar-refractivity contribution < 1.29 is 23.0 Å². The van der Waals surface area contributed by atoms with Gasteiger partial charge in [0.2, 0.25) is 0 Å². The van der Waals surface area contributed by atoms with Crippen LogP contribution in [0.4, 0.5) is 13.2 Å². The molecule has 0 saturated carbocycles. The molecule has 1 saturated heterocycles. The highest BCUT2D eigenvalue weighted by molar-refractivity contribution is 5.42. The van der Waals surface area contributed by atoms with Crippen LogP contribution < -0.4 is 10.1 Å². The second kappa shape index (κ2) is 8.63. The maximum Gasteiger partial charge on any atom is 0.390 e. The fourth-order valence-corrected chi connectivity index (χ4v) is 3.28. The monoisotopic (exact) mass is 380 g/mol. The van der Waals surface area contributed by atoms with Crippen LogP contribution >= 0.6 is 0 Å². The lowest BCUT2D eigenvalue weighted by molar-refractivity contribution is -0.148. The van der Waals surface area contributed by atoms with E-state index in [0.717, 1.165) is 5.56 Å². The minimum absolute atomic E-state index is 0.173. The molecule has 0 radical (unpaired) electrons. The first-order chi connectivity index (χ1) is 12.9. The maximum atomic E-state index is 13.1. The Kier molecular flexibility index (Phi) is 6.23. The van der Waals surface area contributed by atoms with Gasteiger partial charge in [-0.2, -0.15) is 13.2 Å². The summed E-state index contributed by atoms with van der Waals surface area (Å²) in [5.74, 6) is 0.250. The Bertz CT molecular complexity index is 732. The molecule has 2 aromatic rings. The van der Waals surface area contributed by atoms with Crippen molar-refractivity contribution in [3.63, 3.8) is 0 Å². The quantitative estimate of drug-likeness (QED) is 0.799. The molecule has 27 heavy (non-hydrogen) atoms. The summed E-state index contributed by atoms with van der Waals surface area (Å²) < 4.78 is 45.0. The van der Waals surface area contributed by atoms with E-state index in [1.807, 2.05) is 30.3 Å². The summed E-state index contributed by atoms with van der Waals surface area (Å²) in [6.07, 6.45) is -5.31. The van der Waals surface area contributed by atoms with E-state index in [0.29, 0.717) is 38.5 Å². The van der Waals surface area contributed by atoms with Gasteiger partial charge in [-0.3, -0.25) is 4.90 Å². The largest absolute Gasteiger partial charge is 0.507 e. The van der Waals surface area contributed by atoms with Crippen LogP contribution in [-0.4, -0.2) is 42.4 Å². The Morgan fingerprint density at radius 2 is 1.78 bits per heavy atom. The molecule has 0 aromatic heterocycles. The molecule has 1 heterocycles. The van der Waals surface area contributed by atoms with E-state index in [2.05, 4.69) is 5.32 Å². The smallest absolute Gasteiger partial charge is 0.390 e. The third-order valence-corrected chi connectivity index (χ3v) is 4.63. The van der Waals surface area contributed by atoms with Crippen molar-refractivity contribution in [1.82, 2.24) is 10.2 Å². The van der Waals surface area contributed by atoms with Gasteiger partial charge in [0.1, 0.15) is 18.1 Å². The van der Waals surface area contributed by atoms with Gasteiger partial charge >= 0.3 is 6.18 Å². The number of aromatic hydroxyl groups is 1. The van der Waals surface area contributed by atoms with E-state index < -0.39 is 18.6 Å². The first-order valence-corrected chi connectivity index (χ1v) is 8.93. The van der Waals surface area contributed by atoms with Gasteiger partial charge in [0.25, 0.3) is 0 Å². The highest BCUT2D eigenvalue weighted by atomic mass is 19.4. The number of phenolic OH excluding ortho intramolecular Hbond substituents is 1. The van der Waals surface area contributed by atoms with Crippen molar-refractivity contribution in [2.45, 2.75) is 25.2 Å². The zero-order valence-electron chi connectivity index (χ0n) is 14.9. The Morgan fingerprint density at radius 1 is 1.07 bits per heavy atom. The van der Waals surface area contributed by atoms with Crippen LogP contribution in [0.25, 0.3) is 0 Å². The van der Waals surface area contributed by atoms with E-state index in [9.17, 15) is 18.3 Å². The maximum absolute atomic E-state index is 13.1. The van der Waals surface area contributed by atoms with E-state index in [1.165, 1.54) is 12.1 Å². The van der Waals surface area contributed by atoms with Crippen LogP contribution in [0.3, 0.4) is 0 Å². The van der Waals surface area contributed by atoms with Crippen LogP contribution in [0.2, 0.25) is 0 Å². The summed E-state index contributed by atoms with van der Waals surface area (Å²) >= 11 is 0. The standard InChI is InChI=1S/C20H23F3N2O2/c21-20(22,23)13-18(25-10-8-24-9-11-25)17-7-6-16(12-19(17)26)27-14-15-4-2-1-3-5-15/h1-7,12,18,24,26H,8-11,13-14H2/t18-/m1/s1. The van der Waals surface area contributed by atoms with E-state index in [4.69, 9.17) is 4.74 Å². The molecular weight excluding hydrogens is 357 g/mol. The second-order valence-electron chi connectivity index (χ2n) is 6.62. The molecule has 0 spiro atoms. The Balaban J connectivity index is 1.76. The highest BCUT2D eigenvalue weighted by Crippen LogP contribution is 2.39. The molecule has 0 amide bonds. The lowest BCUT2D eigenvalue weighted by Crippen LogP contribution is -2.46. The predicted octanol–water partition coefficient (Wildman–Crippen LogP) is 3.87. The molecule has 1 fully saturated rings. The van der Waals surface area contributed by atoms with Crippen LogP contribution in [0.15, 0.2) is 48.5 Å². The molecule has 0 bridgehead atoms. The van der Waals surface area contributed by atoms with E-state index in [-0.39, 0.29) is 11.3 Å². The number of nitrogens with one attached hydrogen (secondary N) is 1. The van der Waals surface area contributed by atoms with Crippen LogP contribution in [0.1, 0.15) is 23.6 Å². The molecule has 1 aliphatic heterocycles. The molecule has 3 rings (SSSR count). The van der Waals surface area contributed by atoms with E-state index in [1.54, 1.807) is 11.0 Å². The summed E-state index contributed by atoms with van der Waals surface area (Å²) in [4.78, 5) is 1.77. The molecule has 0 aliphatic carbocycles. The first kappa shape index (κ1) is 19.5. The summed E-state index contributed by atoms with van der Waals surface area (Å²) in [6.45, 7) is 2.60. The number of nitrogens with zero attached hydrogens (tertiary/aromatic N) is 1. The van der Waals surface area contributed by atoms with Crippen LogP contribution in [-0.2, 0) is 6.61 Å². The average Bonchev–Trinajstić information content (AvgIpc) is 2.66. The Hall–Kier alpha value is -2.25. The zero-order valence-corrected chi connectivity index (χ0v) is 14.9. The molecule has 4 nitrogen and oxygen atoms in total. The summed E-state index contributed by atoms with van der Waals surface area (Å²) in [6, 6.07) is 13.2. The van der Waals surface area contributed by atoms with Gasteiger partial charge in [-0.25, -0.2) is 0 Å². The zero-order chi connectivity index (χ0) is 19.3. The Labute approximate surface area is 156 Å². The normalized spacial score (nSPS) is 16.9. The van der Waals surface area contributed by atoms with Crippen LogP contribution in [0, 0.1) is 0 Å². The van der Waals surface area contributed by atoms with Crippen molar-refractivity contribution >= 4 is 0 Å². The minimum atomic E-state index is -4.32. The van der Waals surface area contributed by atoms with Gasteiger partial charge in [-0.1, -0.05) is 36.4 Å². The lowest BCUT2D eigenvalue weighted by atomic mass is 9.99. The molecule has 7 heteroatoms. The SMILES string of the molecule is Oc1cc(OCc2ccccc2)ccc1[C@@H](CC(F)(F)F)N1CCNCC1. The number of alkyl halides is 3. The molecule has 0 unspecified atom stereocenters. The van der Waals surface area contributed by atoms with Gasteiger partial charge in [0.15, 0.2) is 0 Å². The van der Waals surface area contributed by atoms with Gasteiger partial charge in [0.05, 0.1) is 6.42 Å².